The fourth-order valence-electron chi connectivity index (χ4n) is 1.60. The van der Waals surface area contributed by atoms with Crippen molar-refractivity contribution in [1.29, 1.82) is 0 Å². The fraction of sp³-hybridized carbons (Fsp3) is 0.889. The number of carboxylic acids is 2. The Bertz CT molecular complexity index is 254. The Morgan fingerprint density at radius 1 is 0.750 bits per heavy atom. The van der Waals surface area contributed by atoms with Crippen molar-refractivity contribution < 1.29 is 19.8 Å². The van der Waals surface area contributed by atoms with Crippen LogP contribution in [0, 0.1) is 0 Å². The standard InChI is InChI=1S/2C6H15N.C6H10O4/c2*1-3-4-5-6(2)7;7-5(8)3-1-2-4-6(9)10/h2*6H,3-5,7H2,1-2H3;1-4H2,(H,7,8)(H,9,10). The minimum atomic E-state index is -0.870. The zero-order chi connectivity index (χ0) is 19.4. The summed E-state index contributed by atoms with van der Waals surface area (Å²) in [6.07, 6.45) is 8.45. The summed E-state index contributed by atoms with van der Waals surface area (Å²) in [5.41, 5.74) is 11.0. The van der Waals surface area contributed by atoms with Crippen molar-refractivity contribution in [2.45, 2.75) is 104 Å². The van der Waals surface area contributed by atoms with Gasteiger partial charge in [0.15, 0.2) is 0 Å². The second-order valence-corrected chi connectivity index (χ2v) is 6.23. The lowest BCUT2D eigenvalue weighted by Crippen LogP contribution is -2.13. The molecule has 0 amide bonds. The van der Waals surface area contributed by atoms with E-state index in [1.165, 1.54) is 38.5 Å². The van der Waals surface area contributed by atoms with Crippen molar-refractivity contribution in [2.75, 3.05) is 0 Å². The minimum absolute atomic E-state index is 0.0628. The van der Waals surface area contributed by atoms with Gasteiger partial charge >= 0.3 is 11.9 Å². The van der Waals surface area contributed by atoms with E-state index in [0.717, 1.165) is 0 Å². The third-order valence-electron chi connectivity index (χ3n) is 3.06. The molecule has 6 nitrogen and oxygen atoms in total. The van der Waals surface area contributed by atoms with E-state index in [0.29, 0.717) is 24.9 Å². The SMILES string of the molecule is CCCCC(C)N.CCCCC(C)N.O=C(O)CCCCC(=O)O. The molecule has 146 valence electrons. The molecule has 0 aromatic heterocycles. The van der Waals surface area contributed by atoms with Crippen molar-refractivity contribution >= 4 is 11.9 Å². The average Bonchev–Trinajstić information content (AvgIpc) is 2.48. The van der Waals surface area contributed by atoms with Gasteiger partial charge in [-0.25, -0.2) is 0 Å². The third kappa shape index (κ3) is 42.8. The molecule has 0 heterocycles. The van der Waals surface area contributed by atoms with E-state index in [1.54, 1.807) is 0 Å². The van der Waals surface area contributed by atoms with Crippen LogP contribution in [0.25, 0.3) is 0 Å². The molecule has 0 aromatic carbocycles. The fourth-order valence-corrected chi connectivity index (χ4v) is 1.60. The Morgan fingerprint density at radius 3 is 1.17 bits per heavy atom. The maximum atomic E-state index is 9.90. The zero-order valence-electron chi connectivity index (χ0n) is 16.1. The largest absolute Gasteiger partial charge is 0.481 e. The van der Waals surface area contributed by atoms with Gasteiger partial charge in [0.05, 0.1) is 0 Å². The molecule has 0 aliphatic rings. The number of carboxylic acid groups (broad SMARTS) is 2. The summed E-state index contributed by atoms with van der Waals surface area (Å²) < 4.78 is 0. The molecule has 0 saturated carbocycles. The van der Waals surface area contributed by atoms with Gasteiger partial charge in [-0.15, -0.1) is 0 Å². The van der Waals surface area contributed by atoms with Crippen molar-refractivity contribution in [2.24, 2.45) is 11.5 Å². The highest BCUT2D eigenvalue weighted by Gasteiger charge is 1.99. The lowest BCUT2D eigenvalue weighted by molar-refractivity contribution is -0.139. The monoisotopic (exact) mass is 348 g/mol. The molecule has 0 spiro atoms. The summed E-state index contributed by atoms with van der Waals surface area (Å²) in [5, 5.41) is 16.3. The highest BCUT2D eigenvalue weighted by atomic mass is 16.4. The molecule has 2 atom stereocenters. The van der Waals surface area contributed by atoms with Crippen molar-refractivity contribution in [3.63, 3.8) is 0 Å². The molecule has 6 heteroatoms. The van der Waals surface area contributed by atoms with Gasteiger partial charge in [-0.1, -0.05) is 39.5 Å². The van der Waals surface area contributed by atoms with E-state index in [4.69, 9.17) is 21.7 Å². The minimum Gasteiger partial charge on any atom is -0.481 e. The maximum absolute atomic E-state index is 9.90. The smallest absolute Gasteiger partial charge is 0.303 e. The van der Waals surface area contributed by atoms with Crippen molar-refractivity contribution in [3.05, 3.63) is 0 Å². The van der Waals surface area contributed by atoms with Crippen molar-refractivity contribution in [1.82, 2.24) is 0 Å². The van der Waals surface area contributed by atoms with Crippen LogP contribution >= 0.6 is 0 Å². The van der Waals surface area contributed by atoms with Crippen LogP contribution in [0.1, 0.15) is 91.9 Å². The first-order chi connectivity index (χ1) is 11.2. The summed E-state index contributed by atoms with van der Waals surface area (Å²) in [5.74, 6) is -1.74. The number of hydrogen-bond acceptors (Lipinski definition) is 4. The van der Waals surface area contributed by atoms with Gasteiger partial charge in [-0.3, -0.25) is 9.59 Å². The van der Waals surface area contributed by atoms with E-state index in [9.17, 15) is 9.59 Å². The lowest BCUT2D eigenvalue weighted by Gasteiger charge is -1.99. The second-order valence-electron chi connectivity index (χ2n) is 6.23. The summed E-state index contributed by atoms with van der Waals surface area (Å²) in [6, 6.07) is 0.805. The molecule has 24 heavy (non-hydrogen) atoms. The number of carbonyl (C=O) groups is 2. The van der Waals surface area contributed by atoms with Gasteiger partial charge in [0.2, 0.25) is 0 Å². The van der Waals surface area contributed by atoms with Crippen LogP contribution < -0.4 is 11.5 Å². The topological polar surface area (TPSA) is 127 Å². The molecule has 0 rings (SSSR count). The van der Waals surface area contributed by atoms with Gasteiger partial charge < -0.3 is 21.7 Å². The first-order valence-corrected chi connectivity index (χ1v) is 9.11. The predicted octanol–water partition coefficient (Wildman–Crippen LogP) is 3.76. The van der Waals surface area contributed by atoms with E-state index in [-0.39, 0.29) is 12.8 Å². The molecule has 0 aliphatic heterocycles. The summed E-state index contributed by atoms with van der Waals surface area (Å²) in [4.78, 5) is 19.8. The average molecular weight is 349 g/mol. The van der Waals surface area contributed by atoms with Crippen LogP contribution in [-0.2, 0) is 9.59 Å². The molecule has 2 unspecified atom stereocenters. The first-order valence-electron chi connectivity index (χ1n) is 9.11. The van der Waals surface area contributed by atoms with Gasteiger partial charge in [0, 0.05) is 24.9 Å². The van der Waals surface area contributed by atoms with Gasteiger partial charge in [0.25, 0.3) is 0 Å². The number of hydrogen-bond donors (Lipinski definition) is 4. The molecular formula is C18H40N2O4. The Kier molecular flexibility index (Phi) is 25.2. The molecule has 0 radical (unpaired) electrons. The molecule has 0 bridgehead atoms. The number of rotatable bonds is 11. The molecule has 6 N–H and O–H groups in total. The van der Waals surface area contributed by atoms with E-state index < -0.39 is 11.9 Å². The van der Waals surface area contributed by atoms with Crippen LogP contribution in [0.15, 0.2) is 0 Å². The Labute approximate surface area is 148 Å². The second kappa shape index (κ2) is 21.9. The molecule has 0 fully saturated rings. The van der Waals surface area contributed by atoms with Crippen LogP contribution in [0.4, 0.5) is 0 Å². The summed E-state index contributed by atoms with van der Waals surface area (Å²) >= 11 is 0. The predicted molar refractivity (Wildman–Crippen MR) is 100 cm³/mol. The molecule has 0 saturated heterocycles. The lowest BCUT2D eigenvalue weighted by atomic mass is 10.2. The van der Waals surface area contributed by atoms with E-state index >= 15 is 0 Å². The summed E-state index contributed by atoms with van der Waals surface area (Å²) in [7, 11) is 0. The van der Waals surface area contributed by atoms with Crippen LogP contribution in [0.2, 0.25) is 0 Å². The van der Waals surface area contributed by atoms with E-state index in [2.05, 4.69) is 27.7 Å². The van der Waals surface area contributed by atoms with Gasteiger partial charge in [-0.05, 0) is 39.5 Å². The highest BCUT2D eigenvalue weighted by Crippen LogP contribution is 1.98. The maximum Gasteiger partial charge on any atom is 0.303 e. The third-order valence-corrected chi connectivity index (χ3v) is 3.06. The number of aliphatic carboxylic acids is 2. The van der Waals surface area contributed by atoms with Crippen LogP contribution in [0.5, 0.6) is 0 Å². The summed E-state index contributed by atoms with van der Waals surface area (Å²) in [6.45, 7) is 8.47. The molecular weight excluding hydrogens is 308 g/mol. The Morgan fingerprint density at radius 2 is 1.04 bits per heavy atom. The van der Waals surface area contributed by atoms with Crippen molar-refractivity contribution in [3.8, 4) is 0 Å². The van der Waals surface area contributed by atoms with E-state index in [1.807, 2.05) is 0 Å². The van der Waals surface area contributed by atoms with Gasteiger partial charge in [-0.2, -0.15) is 0 Å². The Balaban J connectivity index is -0.000000283. The normalized spacial score (nSPS) is 12.1. The Hall–Kier alpha value is -1.14. The first kappa shape index (κ1) is 27.7. The molecule has 0 aromatic rings. The van der Waals surface area contributed by atoms with Gasteiger partial charge in [0.1, 0.15) is 0 Å². The highest BCUT2D eigenvalue weighted by molar-refractivity contribution is 5.67. The number of unbranched alkanes of at least 4 members (excludes halogenated alkanes) is 3. The quantitative estimate of drug-likeness (QED) is 0.421. The van der Waals surface area contributed by atoms with Crippen LogP contribution in [0.3, 0.4) is 0 Å². The van der Waals surface area contributed by atoms with Crippen LogP contribution in [-0.4, -0.2) is 34.2 Å². The zero-order valence-corrected chi connectivity index (χ0v) is 16.1. The number of nitrogens with two attached hydrogens (primary N) is 2. The molecule has 0 aliphatic carbocycles.